The van der Waals surface area contributed by atoms with E-state index in [1.165, 1.54) is 0 Å². The molecule has 0 spiro atoms. The van der Waals surface area contributed by atoms with Gasteiger partial charge in [-0.25, -0.2) is 0 Å². The second kappa shape index (κ2) is 11.8. The SMILES string of the molecule is O=C(Cc1cccnc1)N1CCN(CCCCC2(C(=O)NCC(F)(F)F)c3ccccc3-c3ccccc32)CC1. The summed E-state index contributed by atoms with van der Waals surface area (Å²) in [6.45, 7) is 2.28. The number of carbonyl (C=O) groups is 2. The maximum Gasteiger partial charge on any atom is 0.405 e. The smallest absolute Gasteiger partial charge is 0.346 e. The number of halogens is 3. The van der Waals surface area contributed by atoms with Gasteiger partial charge in [0.25, 0.3) is 0 Å². The summed E-state index contributed by atoms with van der Waals surface area (Å²) in [7, 11) is 0. The minimum atomic E-state index is -4.49. The van der Waals surface area contributed by atoms with Crippen LogP contribution in [0.5, 0.6) is 0 Å². The predicted octanol–water partition coefficient (Wildman–Crippen LogP) is 4.58. The van der Waals surface area contributed by atoms with E-state index in [-0.39, 0.29) is 5.91 Å². The number of carbonyl (C=O) groups excluding carboxylic acids is 2. The lowest BCUT2D eigenvalue weighted by Gasteiger charge is -2.35. The Balaban J connectivity index is 1.22. The quantitative estimate of drug-likeness (QED) is 0.396. The average molecular weight is 551 g/mol. The van der Waals surface area contributed by atoms with Crippen molar-refractivity contribution in [2.24, 2.45) is 0 Å². The van der Waals surface area contributed by atoms with Crippen LogP contribution in [0.3, 0.4) is 0 Å². The maximum absolute atomic E-state index is 13.6. The molecular formula is C31H33F3N4O2. The lowest BCUT2D eigenvalue weighted by molar-refractivity contribution is -0.141. The molecular weight excluding hydrogens is 517 g/mol. The van der Waals surface area contributed by atoms with Crippen LogP contribution in [0.4, 0.5) is 13.2 Å². The van der Waals surface area contributed by atoms with Crippen molar-refractivity contribution >= 4 is 11.8 Å². The number of nitrogens with zero attached hydrogens (tertiary/aromatic N) is 3. The van der Waals surface area contributed by atoms with Gasteiger partial charge in [0.05, 0.1) is 6.42 Å². The Morgan fingerprint density at radius 1 is 0.875 bits per heavy atom. The molecule has 40 heavy (non-hydrogen) atoms. The summed E-state index contributed by atoms with van der Waals surface area (Å²) in [6.07, 6.45) is 1.13. The molecule has 9 heteroatoms. The van der Waals surface area contributed by atoms with E-state index in [1.807, 2.05) is 65.6 Å². The van der Waals surface area contributed by atoms with Crippen molar-refractivity contribution in [1.29, 1.82) is 0 Å². The molecule has 3 aromatic rings. The fraction of sp³-hybridized carbons (Fsp3) is 0.387. The van der Waals surface area contributed by atoms with E-state index < -0.39 is 24.0 Å². The van der Waals surface area contributed by atoms with Gasteiger partial charge in [0.1, 0.15) is 12.0 Å². The first kappa shape index (κ1) is 27.8. The van der Waals surface area contributed by atoms with Crippen LogP contribution >= 0.6 is 0 Å². The topological polar surface area (TPSA) is 65.5 Å². The Hall–Kier alpha value is -3.72. The highest BCUT2D eigenvalue weighted by atomic mass is 19.4. The number of aromatic nitrogens is 1. The molecule has 1 N–H and O–H groups in total. The summed E-state index contributed by atoms with van der Waals surface area (Å²) >= 11 is 0. The van der Waals surface area contributed by atoms with E-state index in [2.05, 4.69) is 15.2 Å². The Morgan fingerprint density at radius 2 is 1.52 bits per heavy atom. The van der Waals surface area contributed by atoms with E-state index in [1.54, 1.807) is 12.4 Å². The minimum Gasteiger partial charge on any atom is -0.346 e. The number of benzene rings is 2. The minimum absolute atomic E-state index is 0.0954. The number of nitrogens with one attached hydrogen (secondary N) is 1. The molecule has 2 aliphatic rings. The molecule has 0 atom stereocenters. The monoisotopic (exact) mass is 550 g/mol. The summed E-state index contributed by atoms with van der Waals surface area (Å²) in [4.78, 5) is 34.5. The number of amides is 2. The van der Waals surface area contributed by atoms with Gasteiger partial charge in [0.2, 0.25) is 11.8 Å². The van der Waals surface area contributed by atoms with Gasteiger partial charge in [-0.2, -0.15) is 13.2 Å². The summed E-state index contributed by atoms with van der Waals surface area (Å²) in [5.41, 5.74) is 3.04. The molecule has 210 valence electrons. The van der Waals surface area contributed by atoms with Gasteiger partial charge in [0, 0.05) is 38.6 Å². The van der Waals surface area contributed by atoms with Gasteiger partial charge < -0.3 is 10.2 Å². The summed E-state index contributed by atoms with van der Waals surface area (Å²) in [5.74, 6) is -0.513. The Labute approximate surface area is 232 Å². The van der Waals surface area contributed by atoms with Gasteiger partial charge in [-0.05, 0) is 53.3 Å². The Kier molecular flexibility index (Phi) is 8.21. The molecule has 0 saturated carbocycles. The normalized spacial score (nSPS) is 16.3. The lowest BCUT2D eigenvalue weighted by Crippen LogP contribution is -2.49. The van der Waals surface area contributed by atoms with Gasteiger partial charge in [-0.15, -0.1) is 0 Å². The number of unbranched alkanes of at least 4 members (excludes halogenated alkanes) is 1. The Bertz CT molecular complexity index is 1290. The fourth-order valence-electron chi connectivity index (χ4n) is 6.02. The molecule has 6 nitrogen and oxygen atoms in total. The molecule has 1 saturated heterocycles. The van der Waals surface area contributed by atoms with Crippen molar-refractivity contribution in [3.05, 3.63) is 89.7 Å². The first-order valence-corrected chi connectivity index (χ1v) is 13.7. The van der Waals surface area contributed by atoms with Crippen molar-refractivity contribution in [3.63, 3.8) is 0 Å². The molecule has 0 unspecified atom stereocenters. The zero-order valence-electron chi connectivity index (χ0n) is 22.3. The van der Waals surface area contributed by atoms with Crippen LogP contribution in [0.1, 0.15) is 36.0 Å². The highest BCUT2D eigenvalue weighted by Crippen LogP contribution is 2.51. The number of hydrogen-bond acceptors (Lipinski definition) is 4. The largest absolute Gasteiger partial charge is 0.405 e. The molecule has 0 radical (unpaired) electrons. The molecule has 1 fully saturated rings. The molecule has 2 heterocycles. The van der Waals surface area contributed by atoms with E-state index in [4.69, 9.17) is 0 Å². The molecule has 2 aromatic carbocycles. The van der Waals surface area contributed by atoms with Crippen LogP contribution in [0, 0.1) is 0 Å². The van der Waals surface area contributed by atoms with Crippen molar-refractivity contribution in [1.82, 2.24) is 20.1 Å². The number of rotatable bonds is 9. The van der Waals surface area contributed by atoms with Gasteiger partial charge in [0.15, 0.2) is 0 Å². The van der Waals surface area contributed by atoms with Gasteiger partial charge in [-0.3, -0.25) is 19.5 Å². The van der Waals surface area contributed by atoms with Crippen LogP contribution in [-0.2, 0) is 21.4 Å². The predicted molar refractivity (Wildman–Crippen MR) is 147 cm³/mol. The standard InChI is InChI=1S/C31H33F3N4O2/c32-31(33,34)22-36-29(40)30(26-11-3-1-9-24(26)25-10-2-4-12-27(25)30)13-5-6-15-37-16-18-38(19-17-37)28(39)20-23-8-7-14-35-21-23/h1-4,7-12,14,21H,5-6,13,15-20,22H2,(H,36,40). The summed E-state index contributed by atoms with van der Waals surface area (Å²) in [6, 6.07) is 18.8. The molecule has 0 bridgehead atoms. The molecule has 2 amide bonds. The number of fused-ring (bicyclic) bond motifs is 3. The second-order valence-electron chi connectivity index (χ2n) is 10.5. The lowest BCUT2D eigenvalue weighted by atomic mass is 9.73. The van der Waals surface area contributed by atoms with E-state index in [0.29, 0.717) is 32.4 Å². The number of pyridine rings is 1. The van der Waals surface area contributed by atoms with Crippen molar-refractivity contribution in [3.8, 4) is 11.1 Å². The van der Waals surface area contributed by atoms with E-state index in [0.717, 1.165) is 53.9 Å². The third-order valence-corrected chi connectivity index (χ3v) is 7.98. The molecule has 1 aliphatic heterocycles. The van der Waals surface area contributed by atoms with Crippen LogP contribution in [0.2, 0.25) is 0 Å². The van der Waals surface area contributed by atoms with E-state index >= 15 is 0 Å². The van der Waals surface area contributed by atoms with Crippen molar-refractivity contribution < 1.29 is 22.8 Å². The van der Waals surface area contributed by atoms with Crippen molar-refractivity contribution in [2.75, 3.05) is 39.3 Å². The number of piperazine rings is 1. The van der Waals surface area contributed by atoms with Gasteiger partial charge in [-0.1, -0.05) is 61.0 Å². The summed E-state index contributed by atoms with van der Waals surface area (Å²) in [5, 5.41) is 2.19. The first-order chi connectivity index (χ1) is 19.3. The second-order valence-corrected chi connectivity index (χ2v) is 10.5. The third kappa shape index (κ3) is 5.89. The molecule has 1 aromatic heterocycles. The third-order valence-electron chi connectivity index (χ3n) is 7.98. The van der Waals surface area contributed by atoms with Crippen LogP contribution in [-0.4, -0.2) is 72.0 Å². The highest BCUT2D eigenvalue weighted by Gasteiger charge is 2.49. The van der Waals surface area contributed by atoms with Gasteiger partial charge >= 0.3 is 6.18 Å². The zero-order valence-corrected chi connectivity index (χ0v) is 22.3. The molecule has 5 rings (SSSR count). The first-order valence-electron chi connectivity index (χ1n) is 13.7. The van der Waals surface area contributed by atoms with Crippen LogP contribution in [0.15, 0.2) is 73.1 Å². The maximum atomic E-state index is 13.6. The number of alkyl halides is 3. The van der Waals surface area contributed by atoms with Crippen LogP contribution in [0.25, 0.3) is 11.1 Å². The average Bonchev–Trinajstić information content (AvgIpc) is 3.25. The Morgan fingerprint density at radius 3 is 2.12 bits per heavy atom. The molecule has 1 aliphatic carbocycles. The zero-order chi connectivity index (χ0) is 28.2. The number of hydrogen-bond donors (Lipinski definition) is 1. The summed E-state index contributed by atoms with van der Waals surface area (Å²) < 4.78 is 39.2. The van der Waals surface area contributed by atoms with Crippen molar-refractivity contribution in [2.45, 2.75) is 37.3 Å². The fourth-order valence-corrected chi connectivity index (χ4v) is 6.02. The van der Waals surface area contributed by atoms with E-state index in [9.17, 15) is 22.8 Å². The van der Waals surface area contributed by atoms with Crippen LogP contribution < -0.4 is 5.32 Å². The highest BCUT2D eigenvalue weighted by molar-refractivity contribution is 6.00.